The van der Waals surface area contributed by atoms with Crippen molar-refractivity contribution in [1.82, 2.24) is 4.90 Å². The van der Waals surface area contributed by atoms with E-state index >= 15 is 0 Å². The van der Waals surface area contributed by atoms with Crippen LogP contribution in [-0.2, 0) is 25.7 Å². The van der Waals surface area contributed by atoms with Gasteiger partial charge in [-0.2, -0.15) is 0 Å². The standard InChI is InChI=1S/C23H23NO6/c1-13-7-8-16-15(11-20(26)30-21(16)14(13)2)12-29-19(25)9-10-24-22(27)17-5-3-4-6-18(17)23(24)28/h3-4,7-8,11,17-18H,5-6,9-10,12H2,1-2H3/t17-,18+. The summed E-state index contributed by atoms with van der Waals surface area (Å²) in [4.78, 5) is 50.3. The number of esters is 1. The second-order valence-corrected chi connectivity index (χ2v) is 7.87. The summed E-state index contributed by atoms with van der Waals surface area (Å²) in [7, 11) is 0. The smallest absolute Gasteiger partial charge is 0.336 e. The third-order valence-electron chi connectivity index (χ3n) is 6.04. The van der Waals surface area contributed by atoms with E-state index in [-0.39, 0.29) is 43.2 Å². The third kappa shape index (κ3) is 3.56. The van der Waals surface area contributed by atoms with E-state index < -0.39 is 11.6 Å². The number of carbonyl (C=O) groups excluding carboxylic acids is 3. The summed E-state index contributed by atoms with van der Waals surface area (Å²) in [5.74, 6) is -1.56. The predicted octanol–water partition coefficient (Wildman–Crippen LogP) is 2.79. The monoisotopic (exact) mass is 409 g/mol. The van der Waals surface area contributed by atoms with Crippen molar-refractivity contribution in [2.24, 2.45) is 11.8 Å². The highest BCUT2D eigenvalue weighted by Gasteiger charge is 2.46. The first-order chi connectivity index (χ1) is 14.4. The van der Waals surface area contributed by atoms with Crippen LogP contribution in [0.2, 0.25) is 0 Å². The van der Waals surface area contributed by atoms with Gasteiger partial charge < -0.3 is 9.15 Å². The number of fused-ring (bicyclic) bond motifs is 2. The van der Waals surface area contributed by atoms with Gasteiger partial charge >= 0.3 is 11.6 Å². The minimum atomic E-state index is -0.533. The number of nitrogens with zero attached hydrogens (tertiary/aromatic N) is 1. The first kappa shape index (κ1) is 20.1. The van der Waals surface area contributed by atoms with Gasteiger partial charge in [-0.05, 0) is 37.8 Å². The van der Waals surface area contributed by atoms with E-state index in [9.17, 15) is 19.2 Å². The zero-order chi connectivity index (χ0) is 21.4. The minimum Gasteiger partial charge on any atom is -0.461 e. The SMILES string of the molecule is Cc1ccc2c(COC(=O)CCN3C(=O)[C@H]4CC=CC[C@H]4C3=O)cc(=O)oc2c1C. The Kier molecular flexibility index (Phi) is 5.28. The first-order valence-corrected chi connectivity index (χ1v) is 10.1. The van der Waals surface area contributed by atoms with E-state index in [1.807, 2.05) is 38.1 Å². The van der Waals surface area contributed by atoms with Crippen molar-refractivity contribution in [1.29, 1.82) is 0 Å². The molecule has 0 spiro atoms. The van der Waals surface area contributed by atoms with Crippen LogP contribution in [0.3, 0.4) is 0 Å². The number of carbonyl (C=O) groups is 3. The second kappa shape index (κ2) is 7.89. The van der Waals surface area contributed by atoms with Gasteiger partial charge in [0.05, 0.1) is 18.3 Å². The first-order valence-electron chi connectivity index (χ1n) is 10.1. The van der Waals surface area contributed by atoms with Crippen LogP contribution >= 0.6 is 0 Å². The molecule has 1 saturated heterocycles. The number of hydrogen-bond acceptors (Lipinski definition) is 6. The van der Waals surface area contributed by atoms with Gasteiger partial charge in [0.2, 0.25) is 11.8 Å². The van der Waals surface area contributed by atoms with Gasteiger partial charge in [-0.1, -0.05) is 24.3 Å². The summed E-state index contributed by atoms with van der Waals surface area (Å²) in [5.41, 5.74) is 2.39. The summed E-state index contributed by atoms with van der Waals surface area (Å²) in [6.07, 6.45) is 4.90. The summed E-state index contributed by atoms with van der Waals surface area (Å²) in [6, 6.07) is 5.07. The Morgan fingerprint density at radius 3 is 2.43 bits per heavy atom. The molecule has 1 aromatic carbocycles. The van der Waals surface area contributed by atoms with Crippen LogP contribution in [0.25, 0.3) is 11.0 Å². The average Bonchev–Trinajstić information content (AvgIpc) is 2.98. The highest BCUT2D eigenvalue weighted by molar-refractivity contribution is 6.05. The molecule has 2 atom stereocenters. The van der Waals surface area contributed by atoms with Gasteiger partial charge in [0.15, 0.2) is 0 Å². The number of imide groups is 1. The molecule has 2 aliphatic rings. The summed E-state index contributed by atoms with van der Waals surface area (Å²) in [6.45, 7) is 3.72. The van der Waals surface area contributed by atoms with Gasteiger partial charge in [0, 0.05) is 23.6 Å². The molecule has 2 heterocycles. The van der Waals surface area contributed by atoms with Crippen LogP contribution in [0.5, 0.6) is 0 Å². The van der Waals surface area contributed by atoms with Crippen LogP contribution in [0.1, 0.15) is 36.0 Å². The number of ether oxygens (including phenoxy) is 1. The van der Waals surface area contributed by atoms with Crippen molar-refractivity contribution < 1.29 is 23.5 Å². The van der Waals surface area contributed by atoms with Crippen molar-refractivity contribution in [2.75, 3.05) is 6.54 Å². The molecule has 0 radical (unpaired) electrons. The molecule has 156 valence electrons. The quantitative estimate of drug-likeness (QED) is 0.326. The molecule has 30 heavy (non-hydrogen) atoms. The fourth-order valence-electron chi connectivity index (χ4n) is 4.17. The molecule has 4 rings (SSSR count). The lowest BCUT2D eigenvalue weighted by atomic mass is 9.85. The molecule has 1 aliphatic carbocycles. The Labute approximate surface area is 173 Å². The predicted molar refractivity (Wildman–Crippen MR) is 108 cm³/mol. The normalized spacial score (nSPS) is 20.7. The summed E-state index contributed by atoms with van der Waals surface area (Å²) in [5, 5.41) is 0.715. The molecular formula is C23H23NO6. The molecule has 2 amide bonds. The van der Waals surface area contributed by atoms with E-state index in [4.69, 9.17) is 9.15 Å². The van der Waals surface area contributed by atoms with Gasteiger partial charge in [-0.25, -0.2) is 4.79 Å². The largest absolute Gasteiger partial charge is 0.461 e. The molecular weight excluding hydrogens is 386 g/mol. The minimum absolute atomic E-state index is 0.0134. The number of amides is 2. The summed E-state index contributed by atoms with van der Waals surface area (Å²) >= 11 is 0. The van der Waals surface area contributed by atoms with Gasteiger partial charge in [0.25, 0.3) is 0 Å². The molecule has 7 nitrogen and oxygen atoms in total. The molecule has 7 heteroatoms. The third-order valence-corrected chi connectivity index (χ3v) is 6.04. The number of aryl methyl sites for hydroxylation is 2. The Balaban J connectivity index is 1.40. The Hall–Kier alpha value is -3.22. The molecule has 2 aromatic rings. The number of hydrogen-bond donors (Lipinski definition) is 0. The van der Waals surface area contributed by atoms with E-state index in [0.29, 0.717) is 29.4 Å². The number of rotatable bonds is 5. The average molecular weight is 409 g/mol. The number of likely N-dealkylation sites (tertiary alicyclic amines) is 1. The molecule has 0 N–H and O–H groups in total. The van der Waals surface area contributed by atoms with E-state index in [1.165, 1.54) is 11.0 Å². The van der Waals surface area contributed by atoms with Crippen LogP contribution in [0, 0.1) is 25.7 Å². The lowest BCUT2D eigenvalue weighted by molar-refractivity contribution is -0.146. The van der Waals surface area contributed by atoms with Gasteiger partial charge in [-0.15, -0.1) is 0 Å². The second-order valence-electron chi connectivity index (χ2n) is 7.87. The zero-order valence-corrected chi connectivity index (χ0v) is 17.0. The van der Waals surface area contributed by atoms with Crippen molar-refractivity contribution in [3.8, 4) is 0 Å². The number of allylic oxidation sites excluding steroid dienone is 2. The van der Waals surface area contributed by atoms with Crippen molar-refractivity contribution >= 4 is 28.8 Å². The molecule has 0 saturated carbocycles. The topological polar surface area (TPSA) is 93.9 Å². The zero-order valence-electron chi connectivity index (χ0n) is 17.0. The Bertz CT molecular complexity index is 1100. The molecule has 1 fully saturated rings. The molecule has 0 bridgehead atoms. The Morgan fingerprint density at radius 1 is 1.10 bits per heavy atom. The van der Waals surface area contributed by atoms with Crippen LogP contribution in [-0.4, -0.2) is 29.2 Å². The van der Waals surface area contributed by atoms with E-state index in [1.54, 1.807) is 0 Å². The van der Waals surface area contributed by atoms with Crippen molar-refractivity contribution in [3.05, 3.63) is 57.5 Å². The maximum atomic E-state index is 12.5. The van der Waals surface area contributed by atoms with Crippen LogP contribution < -0.4 is 5.63 Å². The highest BCUT2D eigenvalue weighted by Crippen LogP contribution is 2.35. The van der Waals surface area contributed by atoms with Gasteiger partial charge in [0.1, 0.15) is 12.2 Å². The summed E-state index contributed by atoms with van der Waals surface area (Å²) < 4.78 is 10.7. The van der Waals surface area contributed by atoms with Crippen molar-refractivity contribution in [2.45, 2.75) is 39.7 Å². The lowest BCUT2D eigenvalue weighted by Crippen LogP contribution is -2.33. The van der Waals surface area contributed by atoms with Crippen LogP contribution in [0.15, 0.2) is 39.6 Å². The van der Waals surface area contributed by atoms with E-state index in [2.05, 4.69) is 0 Å². The van der Waals surface area contributed by atoms with Gasteiger partial charge in [-0.3, -0.25) is 19.3 Å². The lowest BCUT2D eigenvalue weighted by Gasteiger charge is -2.14. The molecule has 1 aliphatic heterocycles. The molecule has 0 unspecified atom stereocenters. The van der Waals surface area contributed by atoms with E-state index in [0.717, 1.165) is 11.1 Å². The fraction of sp³-hybridized carbons (Fsp3) is 0.391. The Morgan fingerprint density at radius 2 is 1.77 bits per heavy atom. The maximum Gasteiger partial charge on any atom is 0.336 e. The van der Waals surface area contributed by atoms with Crippen LogP contribution in [0.4, 0.5) is 0 Å². The molecule has 1 aromatic heterocycles. The maximum absolute atomic E-state index is 12.5. The number of benzene rings is 1. The fourth-order valence-corrected chi connectivity index (χ4v) is 4.17. The highest BCUT2D eigenvalue weighted by atomic mass is 16.5. The van der Waals surface area contributed by atoms with Crippen molar-refractivity contribution in [3.63, 3.8) is 0 Å².